The number of nitrogens with zero attached hydrogens (tertiary/aromatic N) is 2. The van der Waals surface area contributed by atoms with E-state index < -0.39 is 16.8 Å². The van der Waals surface area contributed by atoms with Crippen LogP contribution in [0.4, 0.5) is 4.39 Å². The van der Waals surface area contributed by atoms with Crippen LogP contribution in [-0.4, -0.2) is 33.5 Å². The minimum absolute atomic E-state index is 0.0194. The Labute approximate surface area is 243 Å². The van der Waals surface area contributed by atoms with Crippen molar-refractivity contribution in [2.45, 2.75) is 90.8 Å². The average Bonchev–Trinajstić information content (AvgIpc) is 3.70. The molecule has 1 aromatic carbocycles. The van der Waals surface area contributed by atoms with E-state index in [9.17, 15) is 19.5 Å². The van der Waals surface area contributed by atoms with Crippen LogP contribution < -0.4 is 15.6 Å². The van der Waals surface area contributed by atoms with Crippen LogP contribution >= 0.6 is 0 Å². The van der Waals surface area contributed by atoms with E-state index in [1.807, 2.05) is 0 Å². The number of rotatable bonds is 4. The molecule has 1 fully saturated rings. The monoisotopic (exact) mass is 573 g/mol. The Kier molecular flexibility index (Phi) is 5.66. The molecule has 3 aromatic rings. The van der Waals surface area contributed by atoms with Crippen molar-refractivity contribution in [1.82, 2.24) is 14.9 Å². The van der Waals surface area contributed by atoms with E-state index in [-0.39, 0.29) is 60.3 Å². The second-order valence-corrected chi connectivity index (χ2v) is 13.5. The van der Waals surface area contributed by atoms with E-state index in [0.717, 1.165) is 29.4 Å². The Morgan fingerprint density at radius 1 is 1.17 bits per heavy atom. The highest BCUT2D eigenvalue weighted by molar-refractivity contribution is 5.95. The first-order valence-corrected chi connectivity index (χ1v) is 14.9. The number of carbonyl (C=O) groups excluding carboxylic acids is 2. The van der Waals surface area contributed by atoms with Gasteiger partial charge in [0.25, 0.3) is 5.56 Å². The summed E-state index contributed by atoms with van der Waals surface area (Å²) in [5, 5.41) is 15.5. The minimum Gasteiger partial charge on any atom is -0.493 e. The summed E-state index contributed by atoms with van der Waals surface area (Å²) in [5.74, 6) is -0.613. The SMILES string of the molecule is CC[C@@]1(O)C(=O)CCc2c1cc1n(c2=O)Cc2c-1nc1cc(F)c(OC)c3c1c2C(NC(=O)C1(C(C)(C)C)CC1)CC3. The van der Waals surface area contributed by atoms with Crippen molar-refractivity contribution in [3.05, 3.63) is 56.1 Å². The number of methoxy groups -OCH3 is 1. The van der Waals surface area contributed by atoms with Crippen molar-refractivity contribution in [3.63, 3.8) is 0 Å². The number of Topliss-reactive ketones (excluding diaryl/α,β-unsaturated/α-hetero) is 1. The molecule has 3 aliphatic carbocycles. The maximum atomic E-state index is 15.3. The third-order valence-corrected chi connectivity index (χ3v) is 10.6. The highest BCUT2D eigenvalue weighted by Gasteiger charge is 2.58. The maximum absolute atomic E-state index is 15.3. The van der Waals surface area contributed by atoms with E-state index in [1.54, 1.807) is 17.6 Å². The summed E-state index contributed by atoms with van der Waals surface area (Å²) < 4.78 is 22.4. The lowest BCUT2D eigenvalue weighted by Crippen LogP contribution is -2.43. The van der Waals surface area contributed by atoms with E-state index in [4.69, 9.17) is 9.72 Å². The molecular formula is C33H36FN3O5. The molecular weight excluding hydrogens is 537 g/mol. The molecule has 8 nitrogen and oxygen atoms in total. The van der Waals surface area contributed by atoms with Crippen molar-refractivity contribution in [1.29, 1.82) is 0 Å². The number of fused-ring (bicyclic) bond motifs is 5. The van der Waals surface area contributed by atoms with Gasteiger partial charge in [0.15, 0.2) is 17.3 Å². The number of aromatic nitrogens is 2. The molecule has 2 aromatic heterocycles. The number of hydrogen-bond donors (Lipinski definition) is 2. The van der Waals surface area contributed by atoms with Crippen LogP contribution in [-0.2, 0) is 34.6 Å². The van der Waals surface area contributed by atoms with Gasteiger partial charge < -0.3 is 19.7 Å². The van der Waals surface area contributed by atoms with E-state index in [1.165, 1.54) is 13.2 Å². The lowest BCUT2D eigenvalue weighted by Gasteiger charge is -2.34. The van der Waals surface area contributed by atoms with Crippen LogP contribution in [0.1, 0.15) is 93.7 Å². The van der Waals surface area contributed by atoms with Gasteiger partial charge in [0, 0.05) is 40.1 Å². The highest BCUT2D eigenvalue weighted by atomic mass is 19.1. The Morgan fingerprint density at radius 2 is 1.90 bits per heavy atom. The smallest absolute Gasteiger partial charge is 0.254 e. The van der Waals surface area contributed by atoms with E-state index >= 15 is 4.39 Å². The molecule has 1 unspecified atom stereocenters. The van der Waals surface area contributed by atoms with Gasteiger partial charge in [-0.2, -0.15) is 0 Å². The van der Waals surface area contributed by atoms with Crippen molar-refractivity contribution in [3.8, 4) is 17.1 Å². The molecule has 1 aliphatic heterocycles. The van der Waals surface area contributed by atoms with Gasteiger partial charge >= 0.3 is 0 Å². The fourth-order valence-corrected chi connectivity index (χ4v) is 7.85. The van der Waals surface area contributed by atoms with Gasteiger partial charge in [0.05, 0.1) is 42.0 Å². The third-order valence-electron chi connectivity index (χ3n) is 10.6. The van der Waals surface area contributed by atoms with E-state index in [0.29, 0.717) is 46.4 Å². The Balaban J connectivity index is 1.46. The summed E-state index contributed by atoms with van der Waals surface area (Å²) >= 11 is 0. The second kappa shape index (κ2) is 8.72. The molecule has 2 atom stereocenters. The largest absolute Gasteiger partial charge is 0.493 e. The molecule has 2 N–H and O–H groups in total. The number of hydrogen-bond acceptors (Lipinski definition) is 6. The summed E-state index contributed by atoms with van der Waals surface area (Å²) in [6, 6.07) is 2.73. The molecule has 0 spiro atoms. The van der Waals surface area contributed by atoms with Crippen LogP contribution in [0.15, 0.2) is 16.9 Å². The first kappa shape index (κ1) is 27.3. The lowest BCUT2D eigenvalue weighted by molar-refractivity contribution is -0.140. The zero-order valence-corrected chi connectivity index (χ0v) is 24.7. The number of pyridine rings is 2. The quantitative estimate of drug-likeness (QED) is 0.369. The molecule has 7 rings (SSSR count). The summed E-state index contributed by atoms with van der Waals surface area (Å²) in [4.78, 5) is 45.4. The second-order valence-electron chi connectivity index (χ2n) is 13.5. The maximum Gasteiger partial charge on any atom is 0.254 e. The van der Waals surface area contributed by atoms with Gasteiger partial charge in [-0.15, -0.1) is 0 Å². The third kappa shape index (κ3) is 3.43. The molecule has 1 saturated carbocycles. The number of halogens is 1. The number of benzene rings is 1. The predicted molar refractivity (Wildman–Crippen MR) is 155 cm³/mol. The van der Waals surface area contributed by atoms with Crippen molar-refractivity contribution < 1.29 is 23.8 Å². The van der Waals surface area contributed by atoms with Gasteiger partial charge in [-0.1, -0.05) is 27.7 Å². The molecule has 9 heteroatoms. The molecule has 0 saturated heterocycles. The number of aliphatic hydroxyl groups is 1. The Bertz CT molecular complexity index is 1800. The summed E-state index contributed by atoms with van der Waals surface area (Å²) in [7, 11) is 1.45. The van der Waals surface area contributed by atoms with Crippen LogP contribution in [0.25, 0.3) is 22.3 Å². The molecule has 1 amide bonds. The number of ketones is 1. The van der Waals surface area contributed by atoms with Crippen molar-refractivity contribution in [2.24, 2.45) is 10.8 Å². The summed E-state index contributed by atoms with van der Waals surface area (Å²) in [5.41, 5.74) is 1.98. The average molecular weight is 574 g/mol. The first-order chi connectivity index (χ1) is 19.9. The molecule has 4 aliphatic rings. The van der Waals surface area contributed by atoms with Gasteiger partial charge in [-0.05, 0) is 55.6 Å². The lowest BCUT2D eigenvalue weighted by atomic mass is 9.76. The van der Waals surface area contributed by atoms with Crippen LogP contribution in [0.2, 0.25) is 0 Å². The predicted octanol–water partition coefficient (Wildman–Crippen LogP) is 4.62. The Morgan fingerprint density at radius 3 is 2.55 bits per heavy atom. The standard InChI is InChI=1S/C33H36FN3O5/c1-6-33(41)19-13-23-27-18(15-37(23)29(39)16(19)8-10-24(33)38)26-21(36-30(40)32(11-12-32)31(2,3)4)9-7-17-25(26)22(35-27)14-20(34)28(17)42-5/h13-14,21,41H,6-12,15H2,1-5H3,(H,36,40)/t21?,33-/m0/s1. The fourth-order valence-electron chi connectivity index (χ4n) is 7.85. The fraction of sp³-hybridized carbons (Fsp3) is 0.515. The summed E-state index contributed by atoms with van der Waals surface area (Å²) in [6.07, 6.45) is 3.26. The number of carbonyl (C=O) groups is 2. The van der Waals surface area contributed by atoms with Crippen LogP contribution in [0.3, 0.4) is 0 Å². The zero-order chi connectivity index (χ0) is 29.9. The van der Waals surface area contributed by atoms with Crippen LogP contribution in [0.5, 0.6) is 5.75 Å². The van der Waals surface area contributed by atoms with Crippen molar-refractivity contribution in [2.75, 3.05) is 7.11 Å². The molecule has 0 radical (unpaired) electrons. The molecule has 0 bridgehead atoms. The number of aryl methyl sites for hydroxylation is 1. The normalized spacial score (nSPS) is 23.3. The van der Waals surface area contributed by atoms with Crippen molar-refractivity contribution >= 4 is 22.6 Å². The first-order valence-electron chi connectivity index (χ1n) is 14.9. The molecule has 42 heavy (non-hydrogen) atoms. The summed E-state index contributed by atoms with van der Waals surface area (Å²) in [6.45, 7) is 8.26. The number of amides is 1. The van der Waals surface area contributed by atoms with Gasteiger partial charge in [-0.3, -0.25) is 14.4 Å². The zero-order valence-electron chi connectivity index (χ0n) is 24.7. The van der Waals surface area contributed by atoms with Gasteiger partial charge in [0.1, 0.15) is 5.60 Å². The number of ether oxygens (including phenoxy) is 1. The highest BCUT2D eigenvalue weighted by Crippen LogP contribution is 2.59. The van der Waals surface area contributed by atoms with Gasteiger partial charge in [0.2, 0.25) is 5.91 Å². The number of nitrogens with one attached hydrogen (secondary N) is 1. The molecule has 220 valence electrons. The van der Waals surface area contributed by atoms with Gasteiger partial charge in [-0.25, -0.2) is 9.37 Å². The minimum atomic E-state index is -1.73. The molecule has 3 heterocycles. The van der Waals surface area contributed by atoms with Crippen LogP contribution in [0, 0.1) is 16.6 Å². The van der Waals surface area contributed by atoms with E-state index in [2.05, 4.69) is 26.1 Å². The Hall–Kier alpha value is -3.59. The topological polar surface area (TPSA) is 111 Å².